The average Bonchev–Trinajstić information content (AvgIpc) is 2.78. The molecule has 1 aromatic rings. The van der Waals surface area contributed by atoms with Crippen molar-refractivity contribution in [3.63, 3.8) is 0 Å². The maximum absolute atomic E-state index is 5.84. The first-order chi connectivity index (χ1) is 8.16. The van der Waals surface area contributed by atoms with Crippen LogP contribution in [0, 0.1) is 6.92 Å². The summed E-state index contributed by atoms with van der Waals surface area (Å²) in [5.74, 6) is 1.58. The van der Waals surface area contributed by atoms with Crippen LogP contribution in [0.15, 0.2) is 18.2 Å². The van der Waals surface area contributed by atoms with Crippen LogP contribution in [0.5, 0.6) is 5.75 Å². The van der Waals surface area contributed by atoms with E-state index in [1.807, 2.05) is 0 Å². The van der Waals surface area contributed by atoms with E-state index in [9.17, 15) is 0 Å². The first-order valence-electron chi connectivity index (χ1n) is 6.63. The number of nitrogens with one attached hydrogen (secondary N) is 1. The summed E-state index contributed by atoms with van der Waals surface area (Å²) in [4.78, 5) is 0. The summed E-state index contributed by atoms with van der Waals surface area (Å²) in [5.41, 5.74) is 2.74. The monoisotopic (exact) mass is 233 g/mol. The lowest BCUT2D eigenvalue weighted by Gasteiger charge is -2.15. The molecular weight excluding hydrogens is 210 g/mol. The van der Waals surface area contributed by atoms with Gasteiger partial charge in [0, 0.05) is 6.04 Å². The van der Waals surface area contributed by atoms with Gasteiger partial charge in [-0.1, -0.05) is 19.9 Å². The summed E-state index contributed by atoms with van der Waals surface area (Å²) in [5, 5.41) is 3.45. The molecule has 2 rings (SSSR count). The van der Waals surface area contributed by atoms with E-state index >= 15 is 0 Å². The van der Waals surface area contributed by atoms with Gasteiger partial charge in [-0.2, -0.15) is 0 Å². The summed E-state index contributed by atoms with van der Waals surface area (Å²) >= 11 is 0. The quantitative estimate of drug-likeness (QED) is 0.862. The molecule has 2 heteroatoms. The normalized spacial score (nSPS) is 19.9. The van der Waals surface area contributed by atoms with Crippen LogP contribution in [0.25, 0.3) is 0 Å². The smallest absolute Gasteiger partial charge is 0.119 e. The van der Waals surface area contributed by atoms with Crippen LogP contribution in [-0.2, 0) is 0 Å². The summed E-state index contributed by atoms with van der Waals surface area (Å²) in [7, 11) is 0. The molecule has 0 spiro atoms. The topological polar surface area (TPSA) is 21.3 Å². The molecular formula is C15H23NO. The van der Waals surface area contributed by atoms with Crippen LogP contribution >= 0.6 is 0 Å². The van der Waals surface area contributed by atoms with E-state index in [0.29, 0.717) is 12.0 Å². The van der Waals surface area contributed by atoms with Crippen LogP contribution < -0.4 is 10.1 Å². The zero-order chi connectivity index (χ0) is 12.3. The number of aryl methyl sites for hydroxylation is 1. The minimum absolute atomic E-state index is 0.542. The summed E-state index contributed by atoms with van der Waals surface area (Å²) in [6.45, 7) is 8.55. The standard InChI is InChI=1S/C15H23NO/c1-11(2)15-7-6-14(9-12(15)3)17-10-13-5-4-8-16-13/h6-7,9,11,13,16H,4-5,8,10H2,1-3H3/t13-/m1/s1. The number of hydrogen-bond acceptors (Lipinski definition) is 2. The lowest BCUT2D eigenvalue weighted by Crippen LogP contribution is -2.28. The van der Waals surface area contributed by atoms with Gasteiger partial charge >= 0.3 is 0 Å². The van der Waals surface area contributed by atoms with Gasteiger partial charge in [0.25, 0.3) is 0 Å². The molecule has 1 aliphatic heterocycles. The molecule has 0 aliphatic carbocycles. The maximum Gasteiger partial charge on any atom is 0.119 e. The fourth-order valence-corrected chi connectivity index (χ4v) is 2.48. The van der Waals surface area contributed by atoms with Gasteiger partial charge in [0.05, 0.1) is 0 Å². The van der Waals surface area contributed by atoms with Gasteiger partial charge in [-0.05, 0) is 55.5 Å². The highest BCUT2D eigenvalue weighted by Gasteiger charge is 2.14. The zero-order valence-corrected chi connectivity index (χ0v) is 11.1. The van der Waals surface area contributed by atoms with Gasteiger partial charge in [-0.25, -0.2) is 0 Å². The van der Waals surface area contributed by atoms with Gasteiger partial charge in [-0.3, -0.25) is 0 Å². The van der Waals surface area contributed by atoms with Crippen molar-refractivity contribution in [3.8, 4) is 5.75 Å². The lowest BCUT2D eigenvalue weighted by atomic mass is 9.98. The number of ether oxygens (including phenoxy) is 1. The van der Waals surface area contributed by atoms with Crippen molar-refractivity contribution in [3.05, 3.63) is 29.3 Å². The van der Waals surface area contributed by atoms with Crippen LogP contribution in [-0.4, -0.2) is 19.2 Å². The first kappa shape index (κ1) is 12.4. The van der Waals surface area contributed by atoms with E-state index < -0.39 is 0 Å². The average molecular weight is 233 g/mol. The minimum Gasteiger partial charge on any atom is -0.492 e. The van der Waals surface area contributed by atoms with Gasteiger partial charge in [-0.15, -0.1) is 0 Å². The van der Waals surface area contributed by atoms with Gasteiger partial charge in [0.15, 0.2) is 0 Å². The SMILES string of the molecule is Cc1cc(OC[C@H]2CCCN2)ccc1C(C)C. The van der Waals surface area contributed by atoms with Gasteiger partial charge in [0.1, 0.15) is 12.4 Å². The first-order valence-corrected chi connectivity index (χ1v) is 6.63. The van der Waals surface area contributed by atoms with Crippen LogP contribution in [0.3, 0.4) is 0 Å². The largest absolute Gasteiger partial charge is 0.492 e. The van der Waals surface area contributed by atoms with Crippen LogP contribution in [0.2, 0.25) is 0 Å². The fraction of sp³-hybridized carbons (Fsp3) is 0.600. The van der Waals surface area contributed by atoms with Gasteiger partial charge in [0.2, 0.25) is 0 Å². The summed E-state index contributed by atoms with van der Waals surface area (Å²) in [6, 6.07) is 6.99. The summed E-state index contributed by atoms with van der Waals surface area (Å²) in [6.07, 6.45) is 2.52. The lowest BCUT2D eigenvalue weighted by molar-refractivity contribution is 0.277. The fourth-order valence-electron chi connectivity index (χ4n) is 2.48. The minimum atomic E-state index is 0.542. The predicted molar refractivity (Wildman–Crippen MR) is 71.8 cm³/mol. The van der Waals surface area contributed by atoms with Gasteiger partial charge < -0.3 is 10.1 Å². The Hall–Kier alpha value is -1.02. The van der Waals surface area contributed by atoms with Crippen LogP contribution in [0.4, 0.5) is 0 Å². The molecule has 0 unspecified atom stereocenters. The number of rotatable bonds is 4. The second-order valence-electron chi connectivity index (χ2n) is 5.28. The van der Waals surface area contributed by atoms with Crippen molar-refractivity contribution in [2.45, 2.75) is 45.6 Å². The van der Waals surface area contributed by atoms with E-state index in [0.717, 1.165) is 18.9 Å². The molecule has 0 saturated carbocycles. The molecule has 0 bridgehead atoms. The van der Waals surface area contributed by atoms with Crippen molar-refractivity contribution in [1.82, 2.24) is 5.32 Å². The molecule has 1 heterocycles. The Labute approximate surface area is 104 Å². The molecule has 0 radical (unpaired) electrons. The van der Waals surface area contributed by atoms with Crippen LogP contribution in [0.1, 0.15) is 43.7 Å². The van der Waals surface area contributed by atoms with Crippen molar-refractivity contribution < 1.29 is 4.74 Å². The third-order valence-corrected chi connectivity index (χ3v) is 3.48. The molecule has 1 N–H and O–H groups in total. The Morgan fingerprint density at radius 3 is 2.82 bits per heavy atom. The van der Waals surface area contributed by atoms with Crippen molar-refractivity contribution >= 4 is 0 Å². The molecule has 1 aromatic carbocycles. The Balaban J connectivity index is 1.94. The Morgan fingerprint density at radius 2 is 2.24 bits per heavy atom. The molecule has 94 valence electrons. The molecule has 1 saturated heterocycles. The molecule has 1 aliphatic rings. The molecule has 17 heavy (non-hydrogen) atoms. The third-order valence-electron chi connectivity index (χ3n) is 3.48. The van der Waals surface area contributed by atoms with E-state index in [-0.39, 0.29) is 0 Å². The Morgan fingerprint density at radius 1 is 1.41 bits per heavy atom. The molecule has 1 fully saturated rings. The van der Waals surface area contributed by atoms with Crippen molar-refractivity contribution in [2.24, 2.45) is 0 Å². The number of hydrogen-bond donors (Lipinski definition) is 1. The van der Waals surface area contributed by atoms with E-state index in [1.54, 1.807) is 0 Å². The molecule has 2 nitrogen and oxygen atoms in total. The third kappa shape index (κ3) is 3.22. The summed E-state index contributed by atoms with van der Waals surface area (Å²) < 4.78 is 5.84. The van der Waals surface area contributed by atoms with E-state index in [4.69, 9.17) is 4.74 Å². The molecule has 0 amide bonds. The number of benzene rings is 1. The molecule has 0 aromatic heterocycles. The Kier molecular flexibility index (Phi) is 4.06. The maximum atomic E-state index is 5.84. The highest BCUT2D eigenvalue weighted by molar-refractivity contribution is 5.36. The van der Waals surface area contributed by atoms with Crippen molar-refractivity contribution in [1.29, 1.82) is 0 Å². The van der Waals surface area contributed by atoms with Crippen molar-refractivity contribution in [2.75, 3.05) is 13.2 Å². The second-order valence-corrected chi connectivity index (χ2v) is 5.28. The van der Waals surface area contributed by atoms with E-state index in [2.05, 4.69) is 44.3 Å². The van der Waals surface area contributed by atoms with E-state index in [1.165, 1.54) is 24.0 Å². The Bertz CT molecular complexity index is 367. The second kappa shape index (κ2) is 5.54. The molecule has 1 atom stereocenters. The highest BCUT2D eigenvalue weighted by Crippen LogP contribution is 2.23. The zero-order valence-electron chi connectivity index (χ0n) is 11.1. The highest BCUT2D eigenvalue weighted by atomic mass is 16.5. The predicted octanol–water partition coefficient (Wildman–Crippen LogP) is 3.25.